The van der Waals surface area contributed by atoms with Gasteiger partial charge in [0.1, 0.15) is 0 Å². The standard InChI is InChI=1S/C11H11FOS/c1-2-14-11(13)10(12)8-9-6-4-3-5-7-9/h3-8H,2H2,1H3/b10-8+. The largest absolute Gasteiger partial charge is 0.279 e. The number of rotatable bonds is 3. The van der Waals surface area contributed by atoms with Crippen molar-refractivity contribution in [2.75, 3.05) is 5.75 Å². The molecule has 0 heterocycles. The minimum absolute atomic E-state index is 0.503. The van der Waals surface area contributed by atoms with E-state index in [-0.39, 0.29) is 0 Å². The topological polar surface area (TPSA) is 17.1 Å². The molecule has 0 aliphatic rings. The molecule has 0 N–H and O–H groups in total. The molecular formula is C11H11FOS. The van der Waals surface area contributed by atoms with Gasteiger partial charge in [-0.05, 0) is 17.4 Å². The zero-order valence-corrected chi connectivity index (χ0v) is 8.68. The second-order valence-corrected chi connectivity index (χ2v) is 3.86. The fraction of sp³-hybridized carbons (Fsp3) is 0.182. The van der Waals surface area contributed by atoms with Crippen molar-refractivity contribution in [3.05, 3.63) is 41.7 Å². The summed E-state index contributed by atoms with van der Waals surface area (Å²) in [4.78, 5) is 11.1. The summed E-state index contributed by atoms with van der Waals surface area (Å²) in [6.07, 6.45) is 1.25. The van der Waals surface area contributed by atoms with E-state index in [2.05, 4.69) is 0 Å². The minimum Gasteiger partial charge on any atom is -0.279 e. The van der Waals surface area contributed by atoms with E-state index in [9.17, 15) is 9.18 Å². The van der Waals surface area contributed by atoms with E-state index < -0.39 is 10.9 Å². The monoisotopic (exact) mass is 210 g/mol. The van der Waals surface area contributed by atoms with Gasteiger partial charge in [0, 0.05) is 0 Å². The van der Waals surface area contributed by atoms with Crippen LogP contribution in [0.25, 0.3) is 6.08 Å². The van der Waals surface area contributed by atoms with Gasteiger partial charge in [-0.15, -0.1) is 0 Å². The van der Waals surface area contributed by atoms with Gasteiger partial charge in [0.25, 0.3) is 0 Å². The third kappa shape index (κ3) is 3.34. The molecule has 0 spiro atoms. The Morgan fingerprint density at radius 3 is 2.64 bits per heavy atom. The van der Waals surface area contributed by atoms with E-state index in [1.54, 1.807) is 24.3 Å². The maximum absolute atomic E-state index is 13.2. The Hall–Kier alpha value is -1.09. The summed E-state index contributed by atoms with van der Waals surface area (Å²) in [7, 11) is 0. The SMILES string of the molecule is CCSC(=O)/C(F)=C\c1ccccc1. The van der Waals surface area contributed by atoms with Crippen LogP contribution in [0.2, 0.25) is 0 Å². The normalized spacial score (nSPS) is 11.4. The summed E-state index contributed by atoms with van der Waals surface area (Å²) in [6.45, 7) is 1.82. The maximum atomic E-state index is 13.2. The molecule has 1 aromatic carbocycles. The van der Waals surface area contributed by atoms with Gasteiger partial charge in [-0.2, -0.15) is 0 Å². The second-order valence-electron chi connectivity index (χ2n) is 2.62. The van der Waals surface area contributed by atoms with Crippen LogP contribution in [0.5, 0.6) is 0 Å². The zero-order chi connectivity index (χ0) is 10.4. The molecule has 0 aliphatic heterocycles. The van der Waals surface area contributed by atoms with Crippen LogP contribution in [0.4, 0.5) is 4.39 Å². The van der Waals surface area contributed by atoms with Gasteiger partial charge >= 0.3 is 0 Å². The van der Waals surface area contributed by atoms with Crippen LogP contribution in [-0.4, -0.2) is 10.9 Å². The third-order valence-electron chi connectivity index (χ3n) is 1.56. The number of hydrogen-bond acceptors (Lipinski definition) is 2. The molecule has 0 fully saturated rings. The Bertz CT molecular complexity index is 332. The predicted octanol–water partition coefficient (Wildman–Crippen LogP) is 3.28. The van der Waals surface area contributed by atoms with Crippen molar-refractivity contribution >= 4 is 23.0 Å². The molecule has 1 rings (SSSR count). The van der Waals surface area contributed by atoms with Gasteiger partial charge in [0.15, 0.2) is 5.83 Å². The highest BCUT2D eigenvalue weighted by Crippen LogP contribution is 2.15. The summed E-state index contributed by atoms with van der Waals surface area (Å²) >= 11 is 0.976. The zero-order valence-electron chi connectivity index (χ0n) is 7.87. The van der Waals surface area contributed by atoms with Gasteiger partial charge in [-0.1, -0.05) is 49.0 Å². The van der Waals surface area contributed by atoms with Crippen molar-refractivity contribution in [1.29, 1.82) is 0 Å². The van der Waals surface area contributed by atoms with Gasteiger partial charge in [-0.25, -0.2) is 4.39 Å². The van der Waals surface area contributed by atoms with E-state index in [0.29, 0.717) is 11.3 Å². The molecule has 0 aliphatic carbocycles. The van der Waals surface area contributed by atoms with E-state index in [0.717, 1.165) is 11.8 Å². The van der Waals surface area contributed by atoms with Crippen LogP contribution in [0.1, 0.15) is 12.5 Å². The lowest BCUT2D eigenvalue weighted by atomic mass is 10.2. The van der Waals surface area contributed by atoms with Gasteiger partial charge < -0.3 is 0 Å². The lowest BCUT2D eigenvalue weighted by Crippen LogP contribution is -1.92. The van der Waals surface area contributed by atoms with Gasteiger partial charge in [0.05, 0.1) is 0 Å². The molecule has 1 aromatic rings. The molecule has 0 saturated carbocycles. The van der Waals surface area contributed by atoms with E-state index in [4.69, 9.17) is 0 Å². The first-order valence-corrected chi connectivity index (χ1v) is 5.32. The van der Waals surface area contributed by atoms with Crippen LogP contribution >= 0.6 is 11.8 Å². The summed E-state index contributed by atoms with van der Waals surface area (Å²) in [6, 6.07) is 8.96. The van der Waals surface area contributed by atoms with Crippen molar-refractivity contribution in [3.63, 3.8) is 0 Å². The summed E-state index contributed by atoms with van der Waals surface area (Å²) in [5.74, 6) is -0.0995. The summed E-state index contributed by atoms with van der Waals surface area (Å²) in [5.41, 5.74) is 0.704. The molecule has 74 valence electrons. The average Bonchev–Trinajstić information content (AvgIpc) is 2.19. The molecule has 0 radical (unpaired) electrons. The number of hydrogen-bond donors (Lipinski definition) is 0. The van der Waals surface area contributed by atoms with Crippen molar-refractivity contribution in [2.45, 2.75) is 6.92 Å². The van der Waals surface area contributed by atoms with Gasteiger partial charge in [-0.3, -0.25) is 4.79 Å². The maximum Gasteiger partial charge on any atom is 0.247 e. The molecule has 0 bridgehead atoms. The smallest absolute Gasteiger partial charge is 0.247 e. The third-order valence-corrected chi connectivity index (χ3v) is 2.31. The predicted molar refractivity (Wildman–Crippen MR) is 58.7 cm³/mol. The lowest BCUT2D eigenvalue weighted by Gasteiger charge is -1.95. The highest BCUT2D eigenvalue weighted by Gasteiger charge is 2.07. The van der Waals surface area contributed by atoms with E-state index in [1.807, 2.05) is 13.0 Å². The Morgan fingerprint density at radius 1 is 1.43 bits per heavy atom. The Morgan fingerprint density at radius 2 is 2.07 bits per heavy atom. The van der Waals surface area contributed by atoms with Crippen molar-refractivity contribution in [1.82, 2.24) is 0 Å². The van der Waals surface area contributed by atoms with Crippen LogP contribution < -0.4 is 0 Å². The number of benzene rings is 1. The molecule has 0 unspecified atom stereocenters. The highest BCUT2D eigenvalue weighted by molar-refractivity contribution is 8.14. The quantitative estimate of drug-likeness (QED) is 0.712. The lowest BCUT2D eigenvalue weighted by molar-refractivity contribution is -0.109. The first kappa shape index (κ1) is 11.0. The fourth-order valence-electron chi connectivity index (χ4n) is 0.955. The Labute approximate surface area is 87.0 Å². The summed E-state index contributed by atoms with van der Waals surface area (Å²) in [5, 5.41) is -0.503. The van der Waals surface area contributed by atoms with Crippen LogP contribution in [0, 0.1) is 0 Å². The number of carbonyl (C=O) groups is 1. The Balaban J connectivity index is 2.74. The minimum atomic E-state index is -0.692. The van der Waals surface area contributed by atoms with Crippen molar-refractivity contribution in [3.8, 4) is 0 Å². The van der Waals surface area contributed by atoms with Crippen LogP contribution in [-0.2, 0) is 4.79 Å². The molecular weight excluding hydrogens is 199 g/mol. The van der Waals surface area contributed by atoms with Crippen molar-refractivity contribution < 1.29 is 9.18 Å². The summed E-state index contributed by atoms with van der Waals surface area (Å²) < 4.78 is 13.2. The highest BCUT2D eigenvalue weighted by atomic mass is 32.2. The number of halogens is 1. The first-order valence-electron chi connectivity index (χ1n) is 4.33. The van der Waals surface area contributed by atoms with Gasteiger partial charge in [0.2, 0.25) is 5.12 Å². The van der Waals surface area contributed by atoms with Crippen LogP contribution in [0.3, 0.4) is 0 Å². The second kappa shape index (κ2) is 5.60. The Kier molecular flexibility index (Phi) is 4.40. The van der Waals surface area contributed by atoms with E-state index in [1.165, 1.54) is 6.08 Å². The molecule has 1 nitrogen and oxygen atoms in total. The average molecular weight is 210 g/mol. The molecule has 0 aromatic heterocycles. The van der Waals surface area contributed by atoms with Crippen molar-refractivity contribution in [2.24, 2.45) is 0 Å². The molecule has 0 atom stereocenters. The molecule has 3 heteroatoms. The molecule has 0 saturated heterocycles. The fourth-order valence-corrected chi connectivity index (χ4v) is 1.41. The first-order chi connectivity index (χ1) is 6.74. The number of thioether (sulfide) groups is 1. The number of carbonyl (C=O) groups excluding carboxylic acids is 1. The van der Waals surface area contributed by atoms with Crippen LogP contribution in [0.15, 0.2) is 36.2 Å². The van der Waals surface area contributed by atoms with E-state index >= 15 is 0 Å². The molecule has 14 heavy (non-hydrogen) atoms. The molecule has 0 amide bonds.